The highest BCUT2D eigenvalue weighted by molar-refractivity contribution is 5.80. The van der Waals surface area contributed by atoms with Crippen LogP contribution < -0.4 is 11.1 Å². The van der Waals surface area contributed by atoms with Crippen molar-refractivity contribution in [1.82, 2.24) is 5.32 Å². The lowest BCUT2D eigenvalue weighted by molar-refractivity contribution is -0.128. The molecule has 1 aliphatic rings. The van der Waals surface area contributed by atoms with Gasteiger partial charge in [0.1, 0.15) is 0 Å². The van der Waals surface area contributed by atoms with Gasteiger partial charge in [-0.1, -0.05) is 13.8 Å². The van der Waals surface area contributed by atoms with E-state index in [0.29, 0.717) is 6.54 Å². The average molecular weight is 242 g/mol. The van der Waals surface area contributed by atoms with E-state index in [1.54, 1.807) is 0 Å². The van der Waals surface area contributed by atoms with Gasteiger partial charge in [-0.3, -0.25) is 4.79 Å². The van der Waals surface area contributed by atoms with Gasteiger partial charge in [0.25, 0.3) is 0 Å². The number of hydrogen-bond donors (Lipinski definition) is 2. The summed E-state index contributed by atoms with van der Waals surface area (Å²) >= 11 is 0. The Labute approximate surface area is 104 Å². The van der Waals surface area contributed by atoms with Crippen molar-refractivity contribution in [3.8, 4) is 0 Å². The zero-order valence-electron chi connectivity index (χ0n) is 11.4. The number of carbonyl (C=O) groups excluding carboxylic acids is 1. The normalized spacial score (nSPS) is 34.6. The molecule has 0 spiro atoms. The van der Waals surface area contributed by atoms with Gasteiger partial charge in [0, 0.05) is 6.04 Å². The predicted octanol–water partition coefficient (Wildman–Crippen LogP) is 1.29. The van der Waals surface area contributed by atoms with Crippen LogP contribution in [0, 0.1) is 11.8 Å². The van der Waals surface area contributed by atoms with Crippen LogP contribution in [0.1, 0.15) is 40.5 Å². The van der Waals surface area contributed by atoms with Crippen LogP contribution in [-0.2, 0) is 9.53 Å². The molecule has 1 heterocycles. The standard InChI is InChI=1S/C13H26N2O2/c1-5-11(6-7-14)15-13(16)12-8(2)9(3)17-10(12)4/h8-12H,5-7,14H2,1-4H3,(H,15,16). The molecule has 1 rings (SSSR count). The van der Waals surface area contributed by atoms with Gasteiger partial charge >= 0.3 is 0 Å². The molecule has 5 atom stereocenters. The minimum Gasteiger partial charge on any atom is -0.374 e. The molecule has 1 aliphatic heterocycles. The molecule has 1 saturated heterocycles. The number of amides is 1. The molecule has 4 nitrogen and oxygen atoms in total. The maximum Gasteiger partial charge on any atom is 0.226 e. The van der Waals surface area contributed by atoms with Crippen molar-refractivity contribution in [2.75, 3.05) is 6.54 Å². The highest BCUT2D eigenvalue weighted by Crippen LogP contribution is 2.32. The van der Waals surface area contributed by atoms with Crippen LogP contribution in [-0.4, -0.2) is 30.7 Å². The first kappa shape index (κ1) is 14.5. The molecule has 3 N–H and O–H groups in total. The van der Waals surface area contributed by atoms with Gasteiger partial charge in [-0.05, 0) is 39.2 Å². The molecule has 0 aromatic carbocycles. The van der Waals surface area contributed by atoms with Gasteiger partial charge in [-0.2, -0.15) is 0 Å². The van der Waals surface area contributed by atoms with Crippen LogP contribution in [0.4, 0.5) is 0 Å². The zero-order chi connectivity index (χ0) is 13.0. The molecule has 1 amide bonds. The first-order valence-corrected chi connectivity index (χ1v) is 6.67. The van der Waals surface area contributed by atoms with E-state index >= 15 is 0 Å². The minimum absolute atomic E-state index is 0.00961. The van der Waals surface area contributed by atoms with Gasteiger partial charge in [-0.25, -0.2) is 0 Å². The third kappa shape index (κ3) is 3.42. The molecule has 0 aliphatic carbocycles. The number of rotatable bonds is 5. The molecular formula is C13H26N2O2. The highest BCUT2D eigenvalue weighted by Gasteiger charge is 2.41. The lowest BCUT2D eigenvalue weighted by atomic mass is 9.88. The Bertz CT molecular complexity index is 258. The first-order chi connectivity index (χ1) is 8.01. The Morgan fingerprint density at radius 1 is 1.35 bits per heavy atom. The number of hydrogen-bond acceptors (Lipinski definition) is 3. The second kappa shape index (κ2) is 6.36. The number of nitrogens with one attached hydrogen (secondary N) is 1. The van der Waals surface area contributed by atoms with Crippen molar-refractivity contribution in [2.45, 2.75) is 58.8 Å². The number of nitrogens with two attached hydrogens (primary N) is 1. The fourth-order valence-electron chi connectivity index (χ4n) is 2.60. The van der Waals surface area contributed by atoms with E-state index < -0.39 is 0 Å². The van der Waals surface area contributed by atoms with Crippen molar-refractivity contribution < 1.29 is 9.53 Å². The quantitative estimate of drug-likeness (QED) is 0.763. The number of ether oxygens (including phenoxy) is 1. The Morgan fingerprint density at radius 2 is 2.00 bits per heavy atom. The molecule has 0 radical (unpaired) electrons. The highest BCUT2D eigenvalue weighted by atomic mass is 16.5. The molecule has 4 heteroatoms. The topological polar surface area (TPSA) is 64.3 Å². The van der Waals surface area contributed by atoms with Crippen molar-refractivity contribution in [2.24, 2.45) is 17.6 Å². The summed E-state index contributed by atoms with van der Waals surface area (Å²) in [6.07, 6.45) is 1.94. The maximum atomic E-state index is 12.2. The van der Waals surface area contributed by atoms with Crippen molar-refractivity contribution >= 4 is 5.91 Å². The van der Waals surface area contributed by atoms with Gasteiger partial charge in [0.2, 0.25) is 5.91 Å². The van der Waals surface area contributed by atoms with Crippen molar-refractivity contribution in [1.29, 1.82) is 0 Å². The summed E-state index contributed by atoms with van der Waals surface area (Å²) < 4.78 is 5.70. The van der Waals surface area contributed by atoms with Crippen LogP contribution in [0.3, 0.4) is 0 Å². The Balaban J connectivity index is 2.57. The van der Waals surface area contributed by atoms with Crippen LogP contribution in [0.15, 0.2) is 0 Å². The van der Waals surface area contributed by atoms with E-state index in [0.717, 1.165) is 12.8 Å². The second-order valence-electron chi connectivity index (χ2n) is 5.12. The third-order valence-corrected chi connectivity index (χ3v) is 3.90. The SMILES string of the molecule is CCC(CCN)NC(=O)C1C(C)OC(C)C1C. The summed E-state index contributed by atoms with van der Waals surface area (Å²) in [5.41, 5.74) is 5.53. The van der Waals surface area contributed by atoms with Crippen LogP contribution in [0.2, 0.25) is 0 Å². The molecule has 0 aromatic heterocycles. The monoisotopic (exact) mass is 242 g/mol. The molecule has 1 fully saturated rings. The van der Waals surface area contributed by atoms with Gasteiger partial charge in [0.05, 0.1) is 18.1 Å². The molecule has 0 aromatic rings. The Morgan fingerprint density at radius 3 is 2.41 bits per heavy atom. The van der Waals surface area contributed by atoms with E-state index in [2.05, 4.69) is 19.2 Å². The maximum absolute atomic E-state index is 12.2. The molecular weight excluding hydrogens is 216 g/mol. The van der Waals surface area contributed by atoms with Crippen LogP contribution >= 0.6 is 0 Å². The average Bonchev–Trinajstić information content (AvgIpc) is 2.52. The molecule has 17 heavy (non-hydrogen) atoms. The summed E-state index contributed by atoms with van der Waals surface area (Å²) in [5.74, 6) is 0.367. The number of carbonyl (C=O) groups is 1. The summed E-state index contributed by atoms with van der Waals surface area (Å²) in [5, 5.41) is 3.09. The van der Waals surface area contributed by atoms with Gasteiger partial charge in [-0.15, -0.1) is 0 Å². The Hall–Kier alpha value is -0.610. The van der Waals surface area contributed by atoms with Crippen LogP contribution in [0.5, 0.6) is 0 Å². The van der Waals surface area contributed by atoms with E-state index in [4.69, 9.17) is 10.5 Å². The summed E-state index contributed by atoms with van der Waals surface area (Å²) in [6.45, 7) is 8.78. The summed E-state index contributed by atoms with van der Waals surface area (Å²) in [4.78, 5) is 12.2. The molecule has 0 bridgehead atoms. The Kier molecular flexibility index (Phi) is 5.40. The van der Waals surface area contributed by atoms with E-state index in [1.165, 1.54) is 0 Å². The fourth-order valence-corrected chi connectivity index (χ4v) is 2.60. The lowest BCUT2D eigenvalue weighted by Crippen LogP contribution is -2.43. The third-order valence-electron chi connectivity index (χ3n) is 3.90. The minimum atomic E-state index is -0.0307. The fraction of sp³-hybridized carbons (Fsp3) is 0.923. The zero-order valence-corrected chi connectivity index (χ0v) is 11.4. The van der Waals surface area contributed by atoms with Gasteiger partial charge < -0.3 is 15.8 Å². The summed E-state index contributed by atoms with van der Waals surface area (Å²) in [7, 11) is 0. The molecule has 0 saturated carbocycles. The smallest absolute Gasteiger partial charge is 0.226 e. The first-order valence-electron chi connectivity index (χ1n) is 6.67. The molecule has 100 valence electrons. The van der Waals surface area contributed by atoms with Crippen molar-refractivity contribution in [3.63, 3.8) is 0 Å². The van der Waals surface area contributed by atoms with Gasteiger partial charge in [0.15, 0.2) is 0 Å². The van der Waals surface area contributed by atoms with E-state index in [-0.39, 0.29) is 36.0 Å². The van der Waals surface area contributed by atoms with E-state index in [1.807, 2.05) is 13.8 Å². The lowest BCUT2D eigenvalue weighted by Gasteiger charge is -2.22. The largest absolute Gasteiger partial charge is 0.374 e. The summed E-state index contributed by atoms with van der Waals surface area (Å²) in [6, 6.07) is 0.197. The van der Waals surface area contributed by atoms with Crippen LogP contribution in [0.25, 0.3) is 0 Å². The van der Waals surface area contributed by atoms with Crippen molar-refractivity contribution in [3.05, 3.63) is 0 Å². The predicted molar refractivity (Wildman–Crippen MR) is 68.6 cm³/mol. The second-order valence-corrected chi connectivity index (χ2v) is 5.12. The van der Waals surface area contributed by atoms with E-state index in [9.17, 15) is 4.79 Å². The molecule has 5 unspecified atom stereocenters.